The minimum atomic E-state index is -0.894. The van der Waals surface area contributed by atoms with Crippen LogP contribution in [-0.4, -0.2) is 34.1 Å². The summed E-state index contributed by atoms with van der Waals surface area (Å²) >= 11 is 3.14. The Balaban J connectivity index is 2.34. The van der Waals surface area contributed by atoms with Crippen LogP contribution in [0.2, 0.25) is 0 Å². The summed E-state index contributed by atoms with van der Waals surface area (Å²) in [6.07, 6.45) is 1.91. The molecule has 1 aliphatic rings. The highest BCUT2D eigenvalue weighted by Crippen LogP contribution is 2.37. The molecule has 0 saturated carbocycles. The smallest absolute Gasteiger partial charge is 0.312 e. The van der Waals surface area contributed by atoms with Crippen LogP contribution in [0.1, 0.15) is 13.3 Å². The van der Waals surface area contributed by atoms with E-state index in [-0.39, 0.29) is 18.1 Å². The minimum absolute atomic E-state index is 0.121. The lowest BCUT2D eigenvalue weighted by molar-refractivity contribution is -0.384. The molecule has 0 radical (unpaired) electrons. The number of rotatable bonds is 3. The lowest BCUT2D eigenvalue weighted by Crippen LogP contribution is -2.32. The van der Waals surface area contributed by atoms with Crippen molar-refractivity contribution in [3.05, 3.63) is 26.9 Å². The summed E-state index contributed by atoms with van der Waals surface area (Å²) in [5, 5.41) is 20.2. The first-order valence-electron chi connectivity index (χ1n) is 5.62. The molecule has 0 amide bonds. The number of anilines is 1. The summed E-state index contributed by atoms with van der Waals surface area (Å²) in [5.74, 6) is -0.673. The maximum atomic E-state index is 11.2. The summed E-state index contributed by atoms with van der Waals surface area (Å²) < 4.78 is 0.517. The van der Waals surface area contributed by atoms with Crippen LogP contribution in [0.25, 0.3) is 0 Å². The predicted molar refractivity (Wildman–Crippen MR) is 71.2 cm³/mol. The van der Waals surface area contributed by atoms with Gasteiger partial charge < -0.3 is 10.0 Å². The van der Waals surface area contributed by atoms with E-state index in [1.807, 2.05) is 0 Å². The van der Waals surface area contributed by atoms with Crippen LogP contribution < -0.4 is 4.90 Å². The van der Waals surface area contributed by atoms with Gasteiger partial charge in [-0.2, -0.15) is 0 Å². The highest BCUT2D eigenvalue weighted by Gasteiger charge is 2.42. The summed E-state index contributed by atoms with van der Waals surface area (Å²) in [5.41, 5.74) is -1.01. The number of hydrogen-bond acceptors (Lipinski definition) is 5. The Morgan fingerprint density at radius 2 is 2.37 bits per heavy atom. The molecule has 1 aromatic heterocycles. The summed E-state index contributed by atoms with van der Waals surface area (Å²) in [6, 6.07) is 1.37. The van der Waals surface area contributed by atoms with Crippen molar-refractivity contribution in [1.29, 1.82) is 0 Å². The zero-order valence-electron chi connectivity index (χ0n) is 10.2. The molecule has 1 aromatic rings. The van der Waals surface area contributed by atoms with Crippen molar-refractivity contribution in [2.75, 3.05) is 18.0 Å². The molecule has 0 bridgehead atoms. The molecule has 2 rings (SSSR count). The minimum Gasteiger partial charge on any atom is -0.481 e. The van der Waals surface area contributed by atoms with Gasteiger partial charge in [0.05, 0.1) is 10.3 Å². The number of halogens is 1. The van der Waals surface area contributed by atoms with Crippen LogP contribution in [0.15, 0.2) is 16.7 Å². The van der Waals surface area contributed by atoms with Crippen molar-refractivity contribution >= 4 is 33.4 Å². The molecule has 1 atom stereocenters. The van der Waals surface area contributed by atoms with Gasteiger partial charge >= 0.3 is 11.7 Å². The van der Waals surface area contributed by atoms with E-state index < -0.39 is 16.3 Å². The van der Waals surface area contributed by atoms with Crippen molar-refractivity contribution < 1.29 is 14.8 Å². The molecule has 102 valence electrons. The number of aromatic nitrogens is 1. The fraction of sp³-hybridized carbons (Fsp3) is 0.455. The van der Waals surface area contributed by atoms with E-state index in [1.165, 1.54) is 12.3 Å². The van der Waals surface area contributed by atoms with Crippen molar-refractivity contribution in [3.8, 4) is 0 Å². The van der Waals surface area contributed by atoms with Crippen LogP contribution in [0, 0.1) is 15.5 Å². The second-order valence-corrected chi connectivity index (χ2v) is 5.71. The third-order valence-corrected chi connectivity index (χ3v) is 3.73. The zero-order valence-corrected chi connectivity index (χ0v) is 11.8. The maximum absolute atomic E-state index is 11.2. The molecule has 19 heavy (non-hydrogen) atoms. The molecule has 1 N–H and O–H groups in total. The average molecular weight is 330 g/mol. The molecule has 0 spiro atoms. The molecular weight excluding hydrogens is 318 g/mol. The van der Waals surface area contributed by atoms with Gasteiger partial charge in [-0.3, -0.25) is 14.9 Å². The fourth-order valence-corrected chi connectivity index (χ4v) is 2.44. The third kappa shape index (κ3) is 2.53. The number of aliphatic carboxylic acids is 1. The van der Waals surface area contributed by atoms with Crippen molar-refractivity contribution in [3.63, 3.8) is 0 Å². The second kappa shape index (κ2) is 4.76. The maximum Gasteiger partial charge on any atom is 0.312 e. The lowest BCUT2D eigenvalue weighted by Gasteiger charge is -2.20. The molecule has 0 aromatic carbocycles. The first-order valence-corrected chi connectivity index (χ1v) is 6.41. The van der Waals surface area contributed by atoms with E-state index in [0.29, 0.717) is 17.4 Å². The first-order chi connectivity index (χ1) is 8.83. The summed E-state index contributed by atoms with van der Waals surface area (Å²) in [4.78, 5) is 27.4. The molecule has 1 unspecified atom stereocenters. The number of nitro groups is 1. The molecule has 7 nitrogen and oxygen atoms in total. The standard InChI is InChI=1S/C11H12BrN3O4/c1-11(10(16)17)2-3-14(6-11)9-8(15(18)19)4-7(12)5-13-9/h4-5H,2-3,6H2,1H3,(H,16,17). The van der Waals surface area contributed by atoms with E-state index in [0.717, 1.165) is 0 Å². The predicted octanol–water partition coefficient (Wildman–Crippen LogP) is 2.05. The van der Waals surface area contributed by atoms with Crippen LogP contribution >= 0.6 is 15.9 Å². The fourth-order valence-electron chi connectivity index (χ4n) is 2.12. The third-order valence-electron chi connectivity index (χ3n) is 3.30. The average Bonchev–Trinajstić information content (AvgIpc) is 2.73. The number of hydrogen-bond donors (Lipinski definition) is 1. The van der Waals surface area contributed by atoms with Gasteiger partial charge in [-0.15, -0.1) is 0 Å². The van der Waals surface area contributed by atoms with Gasteiger partial charge in [0.2, 0.25) is 5.82 Å². The number of carbonyl (C=O) groups is 1. The Bertz CT molecular complexity index is 551. The Hall–Kier alpha value is -1.70. The zero-order chi connectivity index (χ0) is 14.2. The van der Waals surface area contributed by atoms with Gasteiger partial charge in [-0.1, -0.05) is 0 Å². The highest BCUT2D eigenvalue weighted by atomic mass is 79.9. The van der Waals surface area contributed by atoms with Crippen LogP contribution in [0.5, 0.6) is 0 Å². The SMILES string of the molecule is CC1(C(=O)O)CCN(c2ncc(Br)cc2[N+](=O)[O-])C1. The van der Waals surface area contributed by atoms with Crippen molar-refractivity contribution in [2.45, 2.75) is 13.3 Å². The van der Waals surface area contributed by atoms with Gasteiger partial charge in [-0.05, 0) is 29.3 Å². The second-order valence-electron chi connectivity index (χ2n) is 4.79. The highest BCUT2D eigenvalue weighted by molar-refractivity contribution is 9.10. The number of carboxylic acids is 1. The Labute approximate surface area is 117 Å². The Morgan fingerprint density at radius 3 is 2.89 bits per heavy atom. The van der Waals surface area contributed by atoms with Gasteiger partial charge in [0.15, 0.2) is 0 Å². The van der Waals surface area contributed by atoms with Crippen LogP contribution in [0.3, 0.4) is 0 Å². The quantitative estimate of drug-likeness (QED) is 0.673. The van der Waals surface area contributed by atoms with E-state index in [4.69, 9.17) is 0 Å². The lowest BCUT2D eigenvalue weighted by atomic mass is 9.90. The topological polar surface area (TPSA) is 96.6 Å². The first kappa shape index (κ1) is 13.7. The van der Waals surface area contributed by atoms with E-state index in [2.05, 4.69) is 20.9 Å². The normalized spacial score (nSPS) is 22.5. The van der Waals surface area contributed by atoms with Crippen molar-refractivity contribution in [2.24, 2.45) is 5.41 Å². The van der Waals surface area contributed by atoms with Gasteiger partial charge in [0, 0.05) is 29.8 Å². The molecule has 1 fully saturated rings. The molecule has 1 saturated heterocycles. The summed E-state index contributed by atoms with van der Waals surface area (Å²) in [6.45, 7) is 2.30. The molecule has 2 heterocycles. The molecule has 0 aliphatic carbocycles. The molecule has 1 aliphatic heterocycles. The van der Waals surface area contributed by atoms with Gasteiger partial charge in [0.1, 0.15) is 0 Å². The molecule has 8 heteroatoms. The van der Waals surface area contributed by atoms with E-state index in [1.54, 1.807) is 11.8 Å². The van der Waals surface area contributed by atoms with Crippen LogP contribution in [-0.2, 0) is 4.79 Å². The number of carboxylic acid groups (broad SMARTS) is 1. The van der Waals surface area contributed by atoms with E-state index in [9.17, 15) is 20.0 Å². The largest absolute Gasteiger partial charge is 0.481 e. The van der Waals surface area contributed by atoms with Crippen molar-refractivity contribution in [1.82, 2.24) is 4.98 Å². The van der Waals surface area contributed by atoms with Gasteiger partial charge in [0.25, 0.3) is 0 Å². The molecular formula is C11H12BrN3O4. The van der Waals surface area contributed by atoms with E-state index >= 15 is 0 Å². The number of pyridine rings is 1. The monoisotopic (exact) mass is 329 g/mol. The van der Waals surface area contributed by atoms with Gasteiger partial charge in [-0.25, -0.2) is 4.98 Å². The Morgan fingerprint density at radius 1 is 1.68 bits per heavy atom. The summed E-state index contributed by atoms with van der Waals surface area (Å²) in [7, 11) is 0. The van der Waals surface area contributed by atoms with Crippen LogP contribution in [0.4, 0.5) is 11.5 Å². The number of nitrogens with zero attached hydrogens (tertiary/aromatic N) is 3. The Kier molecular flexibility index (Phi) is 3.44.